The number of benzene rings is 2. The van der Waals surface area contributed by atoms with E-state index in [2.05, 4.69) is 31.6 Å². The number of anilines is 1. The van der Waals surface area contributed by atoms with Crippen LogP contribution < -0.4 is 11.5 Å². The van der Waals surface area contributed by atoms with Gasteiger partial charge < -0.3 is 20.8 Å². The highest BCUT2D eigenvalue weighted by Gasteiger charge is 2.15. The van der Waals surface area contributed by atoms with Crippen LogP contribution in [0.4, 0.5) is 5.82 Å². The van der Waals surface area contributed by atoms with E-state index in [1.54, 1.807) is 0 Å². The molecular weight excluding hydrogens is 428 g/mol. The highest BCUT2D eigenvalue weighted by atomic mass is 16.5. The number of unbranched alkanes of at least 4 members (excludes halogenated alkanes) is 1. The maximum atomic E-state index is 12.0. The van der Waals surface area contributed by atoms with Gasteiger partial charge in [-0.05, 0) is 42.5 Å². The van der Waals surface area contributed by atoms with Crippen molar-refractivity contribution in [3.63, 3.8) is 0 Å². The van der Waals surface area contributed by atoms with Gasteiger partial charge in [0.1, 0.15) is 5.52 Å². The fourth-order valence-corrected chi connectivity index (χ4v) is 4.78. The van der Waals surface area contributed by atoms with Gasteiger partial charge in [0.2, 0.25) is 5.91 Å². The van der Waals surface area contributed by atoms with Crippen LogP contribution in [0.25, 0.3) is 21.9 Å². The third kappa shape index (κ3) is 4.60. The Morgan fingerprint density at radius 2 is 1.91 bits per heavy atom. The molecular formula is C26H30N6O2. The first-order valence-electron chi connectivity index (χ1n) is 11.8. The molecule has 0 saturated carbocycles. The molecule has 0 unspecified atom stereocenters. The van der Waals surface area contributed by atoms with Crippen molar-refractivity contribution in [3.8, 4) is 0 Å². The highest BCUT2D eigenvalue weighted by Crippen LogP contribution is 2.27. The van der Waals surface area contributed by atoms with E-state index in [1.807, 2.05) is 36.7 Å². The van der Waals surface area contributed by atoms with Crippen LogP contribution in [-0.4, -0.2) is 51.6 Å². The van der Waals surface area contributed by atoms with Crippen LogP contribution in [0.2, 0.25) is 0 Å². The molecule has 1 saturated heterocycles. The number of ether oxygens (including phenoxy) is 1. The average molecular weight is 459 g/mol. The van der Waals surface area contributed by atoms with E-state index in [1.165, 1.54) is 5.56 Å². The second-order valence-electron chi connectivity index (χ2n) is 8.85. The number of aryl methyl sites for hydroxylation is 2. The summed E-state index contributed by atoms with van der Waals surface area (Å²) in [6.07, 6.45) is 4.51. The molecule has 0 radical (unpaired) electrons. The molecule has 2 aromatic heterocycles. The van der Waals surface area contributed by atoms with Crippen molar-refractivity contribution in [2.75, 3.05) is 32.0 Å². The zero-order chi connectivity index (χ0) is 23.5. The molecule has 5 rings (SSSR count). The van der Waals surface area contributed by atoms with Gasteiger partial charge in [0.25, 0.3) is 0 Å². The van der Waals surface area contributed by atoms with Gasteiger partial charge in [-0.25, -0.2) is 9.97 Å². The molecule has 4 N–H and O–H groups in total. The number of imidazole rings is 1. The van der Waals surface area contributed by atoms with Crippen LogP contribution >= 0.6 is 0 Å². The number of aromatic nitrogens is 3. The monoisotopic (exact) mass is 458 g/mol. The maximum Gasteiger partial charge on any atom is 0.248 e. The second-order valence-corrected chi connectivity index (χ2v) is 8.85. The van der Waals surface area contributed by atoms with Crippen LogP contribution in [0.5, 0.6) is 0 Å². The first-order chi connectivity index (χ1) is 16.6. The van der Waals surface area contributed by atoms with E-state index < -0.39 is 0 Å². The van der Waals surface area contributed by atoms with Crippen molar-refractivity contribution in [1.29, 1.82) is 0 Å². The zero-order valence-corrected chi connectivity index (χ0v) is 19.2. The smallest absolute Gasteiger partial charge is 0.248 e. The second kappa shape index (κ2) is 9.79. The maximum absolute atomic E-state index is 12.0. The third-order valence-corrected chi connectivity index (χ3v) is 6.52. The van der Waals surface area contributed by atoms with E-state index >= 15 is 0 Å². The minimum Gasteiger partial charge on any atom is -0.382 e. The molecule has 1 aliphatic rings. The van der Waals surface area contributed by atoms with Crippen LogP contribution in [0.15, 0.2) is 48.8 Å². The van der Waals surface area contributed by atoms with Crippen molar-refractivity contribution < 1.29 is 9.53 Å². The normalized spacial score (nSPS) is 14.7. The fraction of sp³-hybridized carbons (Fsp3) is 0.346. The lowest BCUT2D eigenvalue weighted by atomic mass is 9.98. The molecule has 2 aromatic carbocycles. The fourth-order valence-electron chi connectivity index (χ4n) is 4.78. The van der Waals surface area contributed by atoms with Gasteiger partial charge in [0.15, 0.2) is 5.82 Å². The Balaban J connectivity index is 1.29. The molecule has 3 heterocycles. The molecule has 4 aromatic rings. The van der Waals surface area contributed by atoms with Gasteiger partial charge in [0, 0.05) is 37.1 Å². The minimum atomic E-state index is -0.372. The van der Waals surface area contributed by atoms with Crippen LogP contribution in [0.1, 0.15) is 34.3 Å². The molecule has 1 amide bonds. The molecule has 176 valence electrons. The number of hydrogen-bond acceptors (Lipinski definition) is 6. The average Bonchev–Trinajstić information content (AvgIpc) is 3.27. The van der Waals surface area contributed by atoms with E-state index in [0.29, 0.717) is 11.4 Å². The first kappa shape index (κ1) is 22.3. The molecule has 0 spiro atoms. The van der Waals surface area contributed by atoms with Crippen molar-refractivity contribution in [2.24, 2.45) is 5.73 Å². The molecule has 0 bridgehead atoms. The lowest BCUT2D eigenvalue weighted by molar-refractivity contribution is 0.0342. The Labute approximate surface area is 198 Å². The largest absolute Gasteiger partial charge is 0.382 e. The lowest BCUT2D eigenvalue weighted by Gasteiger charge is -2.26. The van der Waals surface area contributed by atoms with Crippen LogP contribution in [0.3, 0.4) is 0 Å². The Morgan fingerprint density at radius 3 is 2.74 bits per heavy atom. The number of rotatable bonds is 8. The highest BCUT2D eigenvalue weighted by molar-refractivity contribution is 6.06. The van der Waals surface area contributed by atoms with Gasteiger partial charge in [-0.1, -0.05) is 30.3 Å². The summed E-state index contributed by atoms with van der Waals surface area (Å²) in [7, 11) is 0. The summed E-state index contributed by atoms with van der Waals surface area (Å²) in [6, 6.07) is 14.0. The number of fused-ring (bicyclic) bond motifs is 3. The van der Waals surface area contributed by atoms with Crippen molar-refractivity contribution in [1.82, 2.24) is 19.4 Å². The van der Waals surface area contributed by atoms with Gasteiger partial charge in [-0.2, -0.15) is 0 Å². The van der Waals surface area contributed by atoms with Crippen LogP contribution in [0, 0.1) is 0 Å². The van der Waals surface area contributed by atoms with Crippen LogP contribution in [-0.2, 0) is 24.2 Å². The number of primary amides is 1. The topological polar surface area (TPSA) is 112 Å². The SMILES string of the molecule is NC(=O)c1ccc(CN2CCOCC2)cc1CCCCn1cnc2c(N)nc3ccccc3c21. The predicted molar refractivity (Wildman–Crippen MR) is 133 cm³/mol. The lowest BCUT2D eigenvalue weighted by Crippen LogP contribution is -2.35. The van der Waals surface area contributed by atoms with Crippen molar-refractivity contribution >= 4 is 33.7 Å². The quantitative estimate of drug-likeness (QED) is 0.392. The number of carbonyl (C=O) groups is 1. The molecule has 8 heteroatoms. The summed E-state index contributed by atoms with van der Waals surface area (Å²) in [6.45, 7) is 5.07. The van der Waals surface area contributed by atoms with Crippen molar-refractivity contribution in [3.05, 3.63) is 65.5 Å². The molecule has 1 fully saturated rings. The van der Waals surface area contributed by atoms with Gasteiger partial charge >= 0.3 is 0 Å². The van der Waals surface area contributed by atoms with Gasteiger partial charge in [-0.15, -0.1) is 0 Å². The minimum absolute atomic E-state index is 0.372. The molecule has 34 heavy (non-hydrogen) atoms. The predicted octanol–water partition coefficient (Wildman–Crippen LogP) is 3.12. The van der Waals surface area contributed by atoms with Crippen molar-refractivity contribution in [2.45, 2.75) is 32.4 Å². The van der Waals surface area contributed by atoms with Gasteiger partial charge in [-0.3, -0.25) is 9.69 Å². The Kier molecular flexibility index (Phi) is 6.42. The Bertz CT molecular complexity index is 1330. The van der Waals surface area contributed by atoms with E-state index in [0.717, 1.165) is 86.2 Å². The molecule has 1 aliphatic heterocycles. The number of amides is 1. The summed E-state index contributed by atoms with van der Waals surface area (Å²) in [4.78, 5) is 23.4. The van der Waals surface area contributed by atoms with E-state index in [4.69, 9.17) is 16.2 Å². The van der Waals surface area contributed by atoms with E-state index in [-0.39, 0.29) is 5.91 Å². The zero-order valence-electron chi connectivity index (χ0n) is 19.2. The van der Waals surface area contributed by atoms with E-state index in [9.17, 15) is 4.79 Å². The first-order valence-corrected chi connectivity index (χ1v) is 11.8. The Morgan fingerprint density at radius 1 is 1.09 bits per heavy atom. The summed E-state index contributed by atoms with van der Waals surface area (Å²) < 4.78 is 7.60. The number of pyridine rings is 1. The number of para-hydroxylation sites is 1. The number of nitrogen functional groups attached to an aromatic ring is 1. The number of nitrogens with zero attached hydrogens (tertiary/aromatic N) is 4. The summed E-state index contributed by atoms with van der Waals surface area (Å²) >= 11 is 0. The molecule has 0 aliphatic carbocycles. The molecule has 0 atom stereocenters. The standard InChI is InChI=1S/C26H30N6O2/c27-25-23-24(21-6-1-2-7-22(21)30-25)32(17-29-23)10-4-3-5-19-15-18(8-9-20(19)26(28)33)16-31-11-13-34-14-12-31/h1-2,6-9,15,17H,3-5,10-14,16H2,(H2,27,30)(H2,28,33). The van der Waals surface area contributed by atoms with Gasteiger partial charge in [0.05, 0.1) is 30.6 Å². The number of nitrogens with two attached hydrogens (primary N) is 2. The number of morpholine rings is 1. The summed E-state index contributed by atoms with van der Waals surface area (Å²) in [5.41, 5.74) is 17.3. The third-order valence-electron chi connectivity index (χ3n) is 6.52. The molecule has 8 nitrogen and oxygen atoms in total. The summed E-state index contributed by atoms with van der Waals surface area (Å²) in [5, 5.41) is 1.05. The summed E-state index contributed by atoms with van der Waals surface area (Å²) in [5.74, 6) is 0.0820. The Hall–Kier alpha value is -3.49. The number of hydrogen-bond donors (Lipinski definition) is 2. The number of carbonyl (C=O) groups excluding carboxylic acids is 1.